The van der Waals surface area contributed by atoms with Crippen molar-refractivity contribution in [3.05, 3.63) is 0 Å². The Morgan fingerprint density at radius 1 is 1.09 bits per heavy atom. The van der Waals surface area contributed by atoms with E-state index in [1.807, 2.05) is 13.8 Å². The molecule has 0 aromatic rings. The van der Waals surface area contributed by atoms with Crippen LogP contribution in [-0.2, 0) is 9.59 Å². The van der Waals surface area contributed by atoms with E-state index >= 15 is 0 Å². The molecule has 0 saturated carbocycles. The molecule has 0 atom stereocenters. The van der Waals surface area contributed by atoms with Crippen LogP contribution in [0.5, 0.6) is 0 Å². The Hall–Kier alpha value is -0.850. The summed E-state index contributed by atoms with van der Waals surface area (Å²) in [5, 5.41) is 9.00. The number of rotatable bonds is 9. The van der Waals surface area contributed by atoms with Crippen molar-refractivity contribution in [1.29, 1.82) is 0 Å². The highest BCUT2D eigenvalue weighted by molar-refractivity contribution is 5.85. The molecule has 0 spiro atoms. The molecule has 0 bridgehead atoms. The predicted molar refractivity (Wildman–Crippen MR) is 91.3 cm³/mol. The minimum absolute atomic E-state index is 0. The molecule has 1 heterocycles. The maximum Gasteiger partial charge on any atom is 0.221 e. The average Bonchev–Trinajstić information content (AvgIpc) is 2.44. The minimum Gasteiger partial charge on any atom is -0.356 e. The van der Waals surface area contributed by atoms with Gasteiger partial charge < -0.3 is 20.9 Å². The number of halogens is 1. The maximum atomic E-state index is 11.6. The first kappa shape index (κ1) is 21.1. The molecular weight excluding hydrogens is 304 g/mol. The number of amides is 2. The van der Waals surface area contributed by atoms with Gasteiger partial charge in [-0.1, -0.05) is 13.8 Å². The summed E-state index contributed by atoms with van der Waals surface area (Å²) < 4.78 is 0. The second kappa shape index (κ2) is 12.7. The Balaban J connectivity index is 0.00000441. The fourth-order valence-corrected chi connectivity index (χ4v) is 2.31. The van der Waals surface area contributed by atoms with E-state index in [0.29, 0.717) is 31.8 Å². The highest BCUT2D eigenvalue weighted by atomic mass is 35.5. The van der Waals surface area contributed by atoms with E-state index in [4.69, 9.17) is 0 Å². The third kappa shape index (κ3) is 10.8. The van der Waals surface area contributed by atoms with Crippen molar-refractivity contribution in [3.63, 3.8) is 0 Å². The van der Waals surface area contributed by atoms with Gasteiger partial charge in [0.15, 0.2) is 0 Å². The predicted octanol–water partition coefficient (Wildman–Crippen LogP) is 0.372. The summed E-state index contributed by atoms with van der Waals surface area (Å²) in [4.78, 5) is 25.4. The molecular formula is C15H31ClN4O2. The Bertz CT molecular complexity index is 321. The molecule has 0 aliphatic carbocycles. The van der Waals surface area contributed by atoms with Crippen LogP contribution in [0, 0.1) is 5.92 Å². The first-order valence-corrected chi connectivity index (χ1v) is 8.04. The Kier molecular flexibility index (Phi) is 12.2. The highest BCUT2D eigenvalue weighted by Gasteiger charge is 2.09. The van der Waals surface area contributed by atoms with Crippen LogP contribution < -0.4 is 16.0 Å². The van der Waals surface area contributed by atoms with Crippen LogP contribution in [0.3, 0.4) is 0 Å². The standard InChI is InChI=1S/C15H30N4O2.ClH/c1-13(2)12-15(21)18-6-4-14(20)17-5-3-9-19-10-7-16-8-11-19;/h13,16H,3-12H2,1-2H3,(H,17,20)(H,18,21);1H. The van der Waals surface area contributed by atoms with Gasteiger partial charge in [0.25, 0.3) is 0 Å². The second-order valence-corrected chi connectivity index (χ2v) is 5.99. The first-order chi connectivity index (χ1) is 10.1. The van der Waals surface area contributed by atoms with Crippen molar-refractivity contribution in [2.45, 2.75) is 33.1 Å². The molecule has 7 heteroatoms. The minimum atomic E-state index is 0. The van der Waals surface area contributed by atoms with Gasteiger partial charge in [0.1, 0.15) is 0 Å². The number of carbonyl (C=O) groups excluding carboxylic acids is 2. The normalized spacial score (nSPS) is 15.2. The number of piperazine rings is 1. The summed E-state index contributed by atoms with van der Waals surface area (Å²) >= 11 is 0. The zero-order valence-electron chi connectivity index (χ0n) is 13.8. The molecule has 1 rings (SSSR count). The molecule has 0 aromatic heterocycles. The van der Waals surface area contributed by atoms with E-state index in [1.165, 1.54) is 0 Å². The Morgan fingerprint density at radius 2 is 1.73 bits per heavy atom. The van der Waals surface area contributed by atoms with Gasteiger partial charge in [-0.15, -0.1) is 12.4 Å². The van der Waals surface area contributed by atoms with Gasteiger partial charge in [-0.25, -0.2) is 0 Å². The molecule has 130 valence electrons. The van der Waals surface area contributed by atoms with Crippen molar-refractivity contribution in [2.75, 3.05) is 45.8 Å². The van der Waals surface area contributed by atoms with Gasteiger partial charge in [-0.2, -0.15) is 0 Å². The SMILES string of the molecule is CC(C)CC(=O)NCCC(=O)NCCCN1CCNCC1.Cl. The van der Waals surface area contributed by atoms with Gasteiger partial charge >= 0.3 is 0 Å². The number of hydrogen-bond donors (Lipinski definition) is 3. The molecule has 1 fully saturated rings. The largest absolute Gasteiger partial charge is 0.356 e. The average molecular weight is 335 g/mol. The van der Waals surface area contributed by atoms with Crippen LogP contribution in [0.25, 0.3) is 0 Å². The molecule has 0 aromatic carbocycles. The first-order valence-electron chi connectivity index (χ1n) is 8.04. The summed E-state index contributed by atoms with van der Waals surface area (Å²) in [7, 11) is 0. The van der Waals surface area contributed by atoms with Gasteiger partial charge in [0.2, 0.25) is 11.8 Å². The second-order valence-electron chi connectivity index (χ2n) is 5.99. The molecule has 1 aliphatic rings. The zero-order chi connectivity index (χ0) is 15.5. The topological polar surface area (TPSA) is 73.5 Å². The monoisotopic (exact) mass is 334 g/mol. The lowest BCUT2D eigenvalue weighted by Crippen LogP contribution is -2.44. The van der Waals surface area contributed by atoms with Gasteiger partial charge in [0, 0.05) is 52.1 Å². The lowest BCUT2D eigenvalue weighted by molar-refractivity contribution is -0.122. The number of hydrogen-bond acceptors (Lipinski definition) is 4. The maximum absolute atomic E-state index is 11.6. The van der Waals surface area contributed by atoms with Crippen LogP contribution in [0.15, 0.2) is 0 Å². The summed E-state index contributed by atoms with van der Waals surface area (Å²) in [6.45, 7) is 10.5. The van der Waals surface area contributed by atoms with Crippen LogP contribution in [-0.4, -0.2) is 62.5 Å². The van der Waals surface area contributed by atoms with Crippen LogP contribution >= 0.6 is 12.4 Å². The zero-order valence-corrected chi connectivity index (χ0v) is 14.6. The molecule has 3 N–H and O–H groups in total. The molecule has 1 aliphatic heterocycles. The number of nitrogens with zero attached hydrogens (tertiary/aromatic N) is 1. The summed E-state index contributed by atoms with van der Waals surface area (Å²) in [5.41, 5.74) is 0. The lowest BCUT2D eigenvalue weighted by Gasteiger charge is -2.27. The molecule has 1 saturated heterocycles. The van der Waals surface area contributed by atoms with E-state index in [1.54, 1.807) is 0 Å². The molecule has 22 heavy (non-hydrogen) atoms. The van der Waals surface area contributed by atoms with E-state index in [2.05, 4.69) is 20.9 Å². The number of nitrogens with one attached hydrogen (secondary N) is 3. The van der Waals surface area contributed by atoms with Crippen molar-refractivity contribution >= 4 is 24.2 Å². The van der Waals surface area contributed by atoms with Crippen LogP contribution in [0.4, 0.5) is 0 Å². The van der Waals surface area contributed by atoms with Crippen LogP contribution in [0.1, 0.15) is 33.1 Å². The van der Waals surface area contributed by atoms with E-state index in [9.17, 15) is 9.59 Å². The van der Waals surface area contributed by atoms with E-state index in [0.717, 1.165) is 39.1 Å². The molecule has 0 radical (unpaired) electrons. The van der Waals surface area contributed by atoms with Crippen molar-refractivity contribution < 1.29 is 9.59 Å². The fraction of sp³-hybridized carbons (Fsp3) is 0.867. The highest BCUT2D eigenvalue weighted by Crippen LogP contribution is 1.98. The fourth-order valence-electron chi connectivity index (χ4n) is 2.31. The third-order valence-corrected chi connectivity index (χ3v) is 3.45. The molecule has 6 nitrogen and oxygen atoms in total. The lowest BCUT2D eigenvalue weighted by atomic mass is 10.1. The number of carbonyl (C=O) groups is 2. The smallest absolute Gasteiger partial charge is 0.221 e. The van der Waals surface area contributed by atoms with Gasteiger partial charge in [-0.05, 0) is 18.9 Å². The van der Waals surface area contributed by atoms with Crippen molar-refractivity contribution in [3.8, 4) is 0 Å². The Labute approximate surface area is 140 Å². The third-order valence-electron chi connectivity index (χ3n) is 3.45. The molecule has 2 amide bonds. The quantitative estimate of drug-likeness (QED) is 0.533. The van der Waals surface area contributed by atoms with E-state index < -0.39 is 0 Å². The van der Waals surface area contributed by atoms with Gasteiger partial charge in [-0.3, -0.25) is 9.59 Å². The van der Waals surface area contributed by atoms with Crippen LogP contribution in [0.2, 0.25) is 0 Å². The van der Waals surface area contributed by atoms with E-state index in [-0.39, 0.29) is 24.2 Å². The van der Waals surface area contributed by atoms with Crippen molar-refractivity contribution in [1.82, 2.24) is 20.9 Å². The molecule has 0 unspecified atom stereocenters. The summed E-state index contributed by atoms with van der Waals surface area (Å²) in [5.74, 6) is 0.389. The van der Waals surface area contributed by atoms with Crippen molar-refractivity contribution in [2.24, 2.45) is 5.92 Å². The Morgan fingerprint density at radius 3 is 2.36 bits per heavy atom. The summed E-state index contributed by atoms with van der Waals surface area (Å²) in [6, 6.07) is 0. The van der Waals surface area contributed by atoms with Gasteiger partial charge in [0.05, 0.1) is 0 Å². The summed E-state index contributed by atoms with van der Waals surface area (Å²) in [6.07, 6.45) is 1.86.